The van der Waals surface area contributed by atoms with Gasteiger partial charge in [-0.05, 0) is 65.1 Å². The fraction of sp³-hybridized carbons (Fsp3) is 0.552. The standard InChI is InChI=1S/C29H39F3N6O4S/c1-6-13-43(40,41)36-26-23(30)15-21(24(31)25(26)32)22-14-18-16-33-29(35-27(18)38(17(2)3)28(22)39)34-19-7-9-20(10-8-19)37(4)11-12-42-5/h14-17,19-20,36H,6-13H2,1-5H3,(H,33,34,35). The summed E-state index contributed by atoms with van der Waals surface area (Å²) in [6.45, 7) is 6.61. The molecule has 0 amide bonds. The molecule has 0 radical (unpaired) electrons. The number of halogens is 3. The van der Waals surface area contributed by atoms with Crippen molar-refractivity contribution < 1.29 is 26.3 Å². The van der Waals surface area contributed by atoms with Gasteiger partial charge in [0.25, 0.3) is 5.56 Å². The summed E-state index contributed by atoms with van der Waals surface area (Å²) in [7, 11) is -0.307. The molecule has 10 nitrogen and oxygen atoms in total. The van der Waals surface area contributed by atoms with Crippen molar-refractivity contribution in [3.8, 4) is 11.1 Å². The molecule has 14 heteroatoms. The molecule has 236 valence electrons. The number of aromatic nitrogens is 3. The number of fused-ring (bicyclic) bond motifs is 1. The number of benzene rings is 1. The molecule has 0 aliphatic heterocycles. The second-order valence-corrected chi connectivity index (χ2v) is 13.1. The van der Waals surface area contributed by atoms with E-state index in [9.17, 15) is 22.0 Å². The largest absolute Gasteiger partial charge is 0.383 e. The Hall–Kier alpha value is -3.23. The molecule has 2 N–H and O–H groups in total. The highest BCUT2D eigenvalue weighted by molar-refractivity contribution is 7.92. The smallest absolute Gasteiger partial charge is 0.260 e. The Balaban J connectivity index is 1.65. The van der Waals surface area contributed by atoms with E-state index in [4.69, 9.17) is 4.74 Å². The average Bonchev–Trinajstić information content (AvgIpc) is 2.96. The summed E-state index contributed by atoms with van der Waals surface area (Å²) in [5, 5.41) is 3.74. The van der Waals surface area contributed by atoms with Gasteiger partial charge in [0.1, 0.15) is 11.3 Å². The van der Waals surface area contributed by atoms with E-state index in [-0.39, 0.29) is 18.0 Å². The third kappa shape index (κ3) is 7.29. The molecule has 0 saturated heterocycles. The van der Waals surface area contributed by atoms with Crippen LogP contribution in [0.1, 0.15) is 58.9 Å². The van der Waals surface area contributed by atoms with E-state index in [0.717, 1.165) is 32.2 Å². The minimum Gasteiger partial charge on any atom is -0.383 e. The molecular formula is C29H39F3N6O4S. The molecule has 1 aliphatic rings. The van der Waals surface area contributed by atoms with Gasteiger partial charge in [-0.1, -0.05) is 6.92 Å². The van der Waals surface area contributed by atoms with Crippen molar-refractivity contribution >= 4 is 32.7 Å². The summed E-state index contributed by atoms with van der Waals surface area (Å²) in [6, 6.07) is 2.09. The van der Waals surface area contributed by atoms with Crippen molar-refractivity contribution in [2.24, 2.45) is 0 Å². The van der Waals surface area contributed by atoms with Crippen molar-refractivity contribution in [2.45, 2.75) is 71.0 Å². The third-order valence-electron chi connectivity index (χ3n) is 7.77. The number of pyridine rings is 1. The first kappa shape index (κ1) is 32.7. The van der Waals surface area contributed by atoms with Crippen LogP contribution in [0.25, 0.3) is 22.2 Å². The number of methoxy groups -OCH3 is 1. The number of likely N-dealkylation sites (N-methyl/N-ethyl adjacent to an activating group) is 1. The second-order valence-electron chi connectivity index (χ2n) is 11.3. The molecule has 0 bridgehead atoms. The van der Waals surface area contributed by atoms with Crippen LogP contribution in [0, 0.1) is 17.5 Å². The van der Waals surface area contributed by atoms with Crippen LogP contribution in [0.2, 0.25) is 0 Å². The number of nitrogens with one attached hydrogen (secondary N) is 2. The number of sulfonamides is 1. The monoisotopic (exact) mass is 624 g/mol. The molecule has 1 aliphatic carbocycles. The molecule has 2 aromatic heterocycles. The normalized spacial score (nSPS) is 17.6. The zero-order valence-electron chi connectivity index (χ0n) is 25.1. The number of ether oxygens (including phenoxy) is 1. The Morgan fingerprint density at radius 1 is 1.12 bits per heavy atom. The molecule has 1 saturated carbocycles. The molecular weight excluding hydrogens is 585 g/mol. The van der Waals surface area contributed by atoms with Crippen molar-refractivity contribution in [2.75, 3.05) is 43.1 Å². The molecule has 1 aromatic carbocycles. The Labute approximate surface area is 249 Å². The van der Waals surface area contributed by atoms with Gasteiger partial charge in [-0.15, -0.1) is 0 Å². The van der Waals surface area contributed by atoms with Crippen LogP contribution >= 0.6 is 0 Å². The zero-order chi connectivity index (χ0) is 31.5. The van der Waals surface area contributed by atoms with Gasteiger partial charge in [0.05, 0.1) is 17.9 Å². The summed E-state index contributed by atoms with van der Waals surface area (Å²) in [5.74, 6) is -4.69. The minimum atomic E-state index is -4.10. The van der Waals surface area contributed by atoms with Gasteiger partial charge in [-0.2, -0.15) is 4.98 Å². The summed E-state index contributed by atoms with van der Waals surface area (Å²) >= 11 is 0. The van der Waals surface area contributed by atoms with E-state index in [2.05, 4.69) is 27.2 Å². The van der Waals surface area contributed by atoms with Gasteiger partial charge < -0.3 is 15.0 Å². The lowest BCUT2D eigenvalue weighted by Crippen LogP contribution is -2.39. The average molecular weight is 625 g/mol. The van der Waals surface area contributed by atoms with Gasteiger partial charge in [0.15, 0.2) is 17.5 Å². The van der Waals surface area contributed by atoms with Gasteiger partial charge in [0.2, 0.25) is 16.0 Å². The molecule has 0 unspecified atom stereocenters. The van der Waals surface area contributed by atoms with Crippen molar-refractivity contribution in [3.05, 3.63) is 46.1 Å². The van der Waals surface area contributed by atoms with Crippen LogP contribution in [0.3, 0.4) is 0 Å². The van der Waals surface area contributed by atoms with E-state index in [1.165, 1.54) is 16.8 Å². The van der Waals surface area contributed by atoms with E-state index >= 15 is 4.39 Å². The lowest BCUT2D eigenvalue weighted by atomic mass is 9.90. The zero-order valence-corrected chi connectivity index (χ0v) is 25.9. The first-order valence-electron chi connectivity index (χ1n) is 14.4. The maximum atomic E-state index is 15.3. The van der Waals surface area contributed by atoms with Gasteiger partial charge in [0, 0.05) is 48.9 Å². The third-order valence-corrected chi connectivity index (χ3v) is 9.23. The van der Waals surface area contributed by atoms with E-state index in [0.29, 0.717) is 35.7 Å². The van der Waals surface area contributed by atoms with Crippen LogP contribution in [0.15, 0.2) is 23.1 Å². The van der Waals surface area contributed by atoms with Gasteiger partial charge in [-0.25, -0.2) is 26.6 Å². The summed E-state index contributed by atoms with van der Waals surface area (Å²) < 4.78 is 77.7. The first-order chi connectivity index (χ1) is 20.4. The lowest BCUT2D eigenvalue weighted by molar-refractivity contribution is 0.121. The molecule has 4 rings (SSSR count). The first-order valence-corrected chi connectivity index (χ1v) is 16.1. The number of anilines is 2. The van der Waals surface area contributed by atoms with Crippen LogP contribution in [0.4, 0.5) is 24.8 Å². The quantitative estimate of drug-likeness (QED) is 0.273. The molecule has 0 spiro atoms. The van der Waals surface area contributed by atoms with Crippen molar-refractivity contribution in [1.82, 2.24) is 19.4 Å². The predicted molar refractivity (Wildman–Crippen MR) is 161 cm³/mol. The van der Waals surface area contributed by atoms with E-state index < -0.39 is 56.1 Å². The number of rotatable bonds is 12. The SMILES string of the molecule is CCCS(=O)(=O)Nc1c(F)cc(-c2cc3cnc(NC4CCC(N(C)CCOC)CC4)nc3n(C(C)C)c2=O)c(F)c1F. The highest BCUT2D eigenvalue weighted by Crippen LogP contribution is 2.32. The maximum Gasteiger partial charge on any atom is 0.260 e. The topological polar surface area (TPSA) is 118 Å². The fourth-order valence-corrected chi connectivity index (χ4v) is 6.62. The van der Waals surface area contributed by atoms with Crippen molar-refractivity contribution in [1.29, 1.82) is 0 Å². The minimum absolute atomic E-state index is 0.149. The van der Waals surface area contributed by atoms with Crippen LogP contribution in [-0.2, 0) is 14.8 Å². The highest BCUT2D eigenvalue weighted by Gasteiger charge is 2.27. The predicted octanol–water partition coefficient (Wildman–Crippen LogP) is 4.91. The van der Waals surface area contributed by atoms with Crippen LogP contribution in [-0.4, -0.2) is 73.0 Å². The fourth-order valence-electron chi connectivity index (χ4n) is 5.48. The molecule has 3 aromatic rings. The van der Waals surface area contributed by atoms with Crippen LogP contribution in [0.5, 0.6) is 0 Å². The number of hydrogen-bond donors (Lipinski definition) is 2. The van der Waals surface area contributed by atoms with Gasteiger partial charge >= 0.3 is 0 Å². The lowest BCUT2D eigenvalue weighted by Gasteiger charge is -2.34. The maximum absolute atomic E-state index is 15.3. The summed E-state index contributed by atoms with van der Waals surface area (Å²) in [5.41, 5.74) is -2.48. The van der Waals surface area contributed by atoms with E-state index in [1.807, 2.05) is 0 Å². The number of nitrogens with zero attached hydrogens (tertiary/aromatic N) is 4. The Kier molecular flexibility index (Phi) is 10.3. The summed E-state index contributed by atoms with van der Waals surface area (Å²) in [6.07, 6.45) is 5.51. The van der Waals surface area contributed by atoms with Gasteiger partial charge in [-0.3, -0.25) is 14.1 Å². The van der Waals surface area contributed by atoms with Crippen molar-refractivity contribution in [3.63, 3.8) is 0 Å². The Morgan fingerprint density at radius 2 is 1.81 bits per heavy atom. The number of hydrogen-bond acceptors (Lipinski definition) is 8. The second kappa shape index (κ2) is 13.6. The van der Waals surface area contributed by atoms with E-state index in [1.54, 1.807) is 32.6 Å². The van der Waals surface area contributed by atoms with Crippen LogP contribution < -0.4 is 15.6 Å². The highest BCUT2D eigenvalue weighted by atomic mass is 32.2. The Morgan fingerprint density at radius 3 is 2.44 bits per heavy atom. The molecule has 1 fully saturated rings. The molecule has 43 heavy (non-hydrogen) atoms. The molecule has 0 atom stereocenters. The molecule has 2 heterocycles. The summed E-state index contributed by atoms with van der Waals surface area (Å²) in [4.78, 5) is 24.9. The Bertz CT molecular complexity index is 1620.